The summed E-state index contributed by atoms with van der Waals surface area (Å²) in [5.41, 5.74) is 0. The largest absolute Gasteiger partial charge is 0.299 e. The van der Waals surface area contributed by atoms with E-state index in [1.54, 1.807) is 0 Å². The van der Waals surface area contributed by atoms with E-state index in [1.807, 2.05) is 60.7 Å². The zero-order valence-corrected chi connectivity index (χ0v) is 24.1. The zero-order valence-electron chi connectivity index (χ0n) is 22.3. The Labute approximate surface area is 243 Å². The molecule has 0 aliphatic heterocycles. The lowest BCUT2D eigenvalue weighted by Crippen LogP contribution is -2.24. The first-order chi connectivity index (χ1) is 20.4. The number of para-hydroxylation sites is 2. The summed E-state index contributed by atoms with van der Waals surface area (Å²) in [6.07, 6.45) is 0. The van der Waals surface area contributed by atoms with Gasteiger partial charge in [0.2, 0.25) is 0 Å². The van der Waals surface area contributed by atoms with Gasteiger partial charge in [0.05, 0.1) is 0 Å². The molecule has 0 bridgehead atoms. The summed E-state index contributed by atoms with van der Waals surface area (Å²) in [6, 6.07) is 58.1. The van der Waals surface area contributed by atoms with E-state index in [-0.39, 0.29) is 0 Å². The molecule has 0 aliphatic rings. The van der Waals surface area contributed by atoms with Crippen LogP contribution >= 0.6 is 15.8 Å². The van der Waals surface area contributed by atoms with Crippen LogP contribution in [-0.2, 0) is 5.04 Å². The van der Waals surface area contributed by atoms with Crippen LogP contribution in [0.3, 0.4) is 0 Å². The molecule has 41 heavy (non-hydrogen) atoms. The maximum Gasteiger partial charge on any atom is 0.178 e. The number of hydrogen-bond acceptors (Lipinski definition) is 3. The van der Waals surface area contributed by atoms with Crippen molar-refractivity contribution in [2.45, 2.75) is 0 Å². The second-order valence-electron chi connectivity index (χ2n) is 9.18. The second-order valence-corrected chi connectivity index (χ2v) is 13.6. The summed E-state index contributed by atoms with van der Waals surface area (Å²) in [7, 11) is -1.74. The van der Waals surface area contributed by atoms with Gasteiger partial charge in [-0.1, -0.05) is 146 Å². The van der Waals surface area contributed by atoms with Crippen LogP contribution in [0.15, 0.2) is 170 Å². The molecule has 0 unspecified atom stereocenters. The van der Waals surface area contributed by atoms with Gasteiger partial charge in [0, 0.05) is 15.6 Å². The Hall–Kier alpha value is -4.26. The van der Waals surface area contributed by atoms with Gasteiger partial charge in [-0.05, 0) is 61.3 Å². The minimum Gasteiger partial charge on any atom is -0.299 e. The summed E-state index contributed by atoms with van der Waals surface area (Å²) >= 11 is 0. The fourth-order valence-corrected chi connectivity index (χ4v) is 9.40. The highest BCUT2D eigenvalue weighted by Gasteiger charge is 2.23. The average Bonchev–Trinajstić information content (AvgIpc) is 3.05. The van der Waals surface area contributed by atoms with Crippen LogP contribution < -0.4 is 41.6 Å². The Kier molecular flexibility index (Phi) is 8.80. The van der Waals surface area contributed by atoms with Crippen molar-refractivity contribution in [2.75, 3.05) is 0 Å². The highest BCUT2D eigenvalue weighted by atomic mass is 31.1. The summed E-state index contributed by atoms with van der Waals surface area (Å²) in [6.45, 7) is 0. The summed E-state index contributed by atoms with van der Waals surface area (Å²) in [5, 5.41) is 12.6. The highest BCUT2D eigenvalue weighted by molar-refractivity contribution is 7.80. The minimum atomic E-state index is -0.872. The van der Waals surface area contributed by atoms with Gasteiger partial charge in [-0.25, -0.2) is 0 Å². The topological polar surface area (TPSA) is 27.7 Å². The fraction of sp³-hybridized carbons (Fsp3) is 0. The fourth-order valence-electron chi connectivity index (χ4n) is 4.68. The van der Waals surface area contributed by atoms with Crippen LogP contribution in [-0.4, -0.2) is 0 Å². The lowest BCUT2D eigenvalue weighted by molar-refractivity contribution is -0.410. The van der Waals surface area contributed by atoms with E-state index < -0.39 is 15.8 Å². The summed E-state index contributed by atoms with van der Waals surface area (Å²) in [5.74, 6) is 1.24. The molecule has 5 heteroatoms. The van der Waals surface area contributed by atoms with Crippen molar-refractivity contribution >= 4 is 47.7 Å². The number of benzene rings is 6. The predicted molar refractivity (Wildman–Crippen MR) is 173 cm³/mol. The van der Waals surface area contributed by atoms with Crippen LogP contribution in [0.1, 0.15) is 0 Å². The molecule has 3 nitrogen and oxygen atoms in total. The third-order valence-electron chi connectivity index (χ3n) is 6.52. The van der Waals surface area contributed by atoms with E-state index in [0.29, 0.717) is 11.5 Å². The van der Waals surface area contributed by atoms with E-state index in [9.17, 15) is 0 Å². The van der Waals surface area contributed by atoms with E-state index >= 15 is 0 Å². The van der Waals surface area contributed by atoms with Gasteiger partial charge in [-0.15, -0.1) is 0 Å². The molecule has 0 fully saturated rings. The van der Waals surface area contributed by atoms with Crippen molar-refractivity contribution in [3.8, 4) is 11.5 Å². The Morgan fingerprint density at radius 1 is 0.293 bits per heavy atom. The first kappa shape index (κ1) is 26.9. The molecule has 6 aromatic carbocycles. The van der Waals surface area contributed by atoms with Crippen LogP contribution in [0.4, 0.5) is 0 Å². The Morgan fingerprint density at radius 2 is 0.561 bits per heavy atom. The third kappa shape index (κ3) is 6.40. The maximum absolute atomic E-state index is 5.91. The predicted octanol–water partition coefficient (Wildman–Crippen LogP) is 6.51. The lowest BCUT2D eigenvalue weighted by Gasteiger charge is -2.22. The molecule has 0 heterocycles. The van der Waals surface area contributed by atoms with E-state index in [0.717, 1.165) is 10.6 Å². The van der Waals surface area contributed by atoms with Crippen molar-refractivity contribution in [1.82, 2.24) is 0 Å². The Bertz CT molecular complexity index is 1460. The molecule has 0 aliphatic carbocycles. The molecule has 0 amide bonds. The molecular weight excluding hydrogens is 542 g/mol. The van der Waals surface area contributed by atoms with Crippen molar-refractivity contribution in [3.63, 3.8) is 0 Å². The standard InChI is InChI=1S/C36H28O3P2/c1-5-17-29(18-6-1)40(30-19-7-2-8-20-30)35-27-15-13-25-33(35)37-39-38-34-26-14-16-28-36(34)41(31-21-9-3-10-22-31)32-23-11-4-12-24-32/h1-28H. The smallest absolute Gasteiger partial charge is 0.178 e. The van der Waals surface area contributed by atoms with Crippen molar-refractivity contribution in [2.24, 2.45) is 0 Å². The molecule has 0 saturated heterocycles. The van der Waals surface area contributed by atoms with Gasteiger partial charge in [0.25, 0.3) is 0 Å². The van der Waals surface area contributed by atoms with Gasteiger partial charge in [0.1, 0.15) is 0 Å². The van der Waals surface area contributed by atoms with Gasteiger partial charge < -0.3 is 0 Å². The molecule has 0 N–H and O–H groups in total. The van der Waals surface area contributed by atoms with Gasteiger partial charge >= 0.3 is 0 Å². The van der Waals surface area contributed by atoms with Gasteiger partial charge in [-0.3, -0.25) is 9.78 Å². The third-order valence-corrected chi connectivity index (χ3v) is 11.5. The number of rotatable bonds is 10. The van der Waals surface area contributed by atoms with E-state index in [4.69, 9.17) is 14.8 Å². The van der Waals surface area contributed by atoms with E-state index in [2.05, 4.69) is 109 Å². The molecule has 0 saturated carbocycles. The first-order valence-electron chi connectivity index (χ1n) is 13.4. The molecule has 6 aromatic rings. The van der Waals surface area contributed by atoms with Crippen molar-refractivity contribution in [3.05, 3.63) is 170 Å². The summed E-state index contributed by atoms with van der Waals surface area (Å²) < 4.78 is 0. The van der Waals surface area contributed by atoms with Crippen LogP contribution in [0.5, 0.6) is 11.5 Å². The molecule has 200 valence electrons. The van der Waals surface area contributed by atoms with Crippen molar-refractivity contribution in [1.29, 1.82) is 0 Å². The lowest BCUT2D eigenvalue weighted by atomic mass is 10.3. The van der Waals surface area contributed by atoms with Crippen LogP contribution in [0.2, 0.25) is 0 Å². The molecule has 0 aromatic heterocycles. The SMILES string of the molecule is c1ccc(P(c2ccccc2)c2ccccc2OOOc2ccccc2P(c2ccccc2)c2ccccc2)cc1. The highest BCUT2D eigenvalue weighted by Crippen LogP contribution is 2.38. The Morgan fingerprint density at radius 3 is 0.878 bits per heavy atom. The summed E-state index contributed by atoms with van der Waals surface area (Å²) in [4.78, 5) is 11.8. The molecule has 0 radical (unpaired) electrons. The number of hydrogen-bond donors (Lipinski definition) is 0. The normalized spacial score (nSPS) is 11.0. The molecule has 6 rings (SSSR count). The van der Waals surface area contributed by atoms with Gasteiger partial charge in [0.15, 0.2) is 11.5 Å². The molecule has 0 atom stereocenters. The van der Waals surface area contributed by atoms with Crippen molar-refractivity contribution < 1.29 is 14.8 Å². The average molecular weight is 571 g/mol. The minimum absolute atomic E-state index is 0.622. The first-order valence-corrected chi connectivity index (χ1v) is 16.1. The monoisotopic (exact) mass is 570 g/mol. The quantitative estimate of drug-likeness (QED) is 0.107. The van der Waals surface area contributed by atoms with Crippen LogP contribution in [0, 0.1) is 0 Å². The zero-order chi connectivity index (χ0) is 27.7. The second kappa shape index (κ2) is 13.4. The molecule has 0 spiro atoms. The maximum atomic E-state index is 5.91. The van der Waals surface area contributed by atoms with E-state index in [1.165, 1.54) is 21.2 Å². The van der Waals surface area contributed by atoms with Crippen LogP contribution in [0.25, 0.3) is 0 Å². The molecular formula is C36H28O3P2. The van der Waals surface area contributed by atoms with Gasteiger partial charge in [-0.2, -0.15) is 0 Å². The Balaban J connectivity index is 1.29.